The average molecular weight is 393 g/mol. The van der Waals surface area contributed by atoms with Gasteiger partial charge in [0.25, 0.3) is 5.91 Å². The van der Waals surface area contributed by atoms with Gasteiger partial charge in [0.2, 0.25) is 0 Å². The minimum Gasteiger partial charge on any atom is -0.328 e. The Morgan fingerprint density at radius 3 is 2.52 bits per heavy atom. The third kappa shape index (κ3) is 3.09. The van der Waals surface area contributed by atoms with Crippen molar-refractivity contribution >= 4 is 62.8 Å². The molecule has 4 rings (SSSR count). The van der Waals surface area contributed by atoms with Gasteiger partial charge < -0.3 is 4.57 Å². The van der Waals surface area contributed by atoms with Crippen LogP contribution in [0.4, 0.5) is 5.69 Å². The van der Waals surface area contributed by atoms with Gasteiger partial charge in [-0.15, -0.1) is 0 Å². The predicted molar refractivity (Wildman–Crippen MR) is 113 cm³/mol. The van der Waals surface area contributed by atoms with Gasteiger partial charge >= 0.3 is 0 Å². The highest BCUT2D eigenvalue weighted by molar-refractivity contribution is 8.27. The second-order valence-electron chi connectivity index (χ2n) is 6.14. The first-order chi connectivity index (χ1) is 13.0. The summed E-state index contributed by atoms with van der Waals surface area (Å²) in [5.41, 5.74) is 3.12. The maximum absolute atomic E-state index is 12.9. The highest BCUT2D eigenvalue weighted by Crippen LogP contribution is 2.36. The molecule has 5 nitrogen and oxygen atoms in total. The minimum absolute atomic E-state index is 0.0197. The van der Waals surface area contributed by atoms with E-state index in [2.05, 4.69) is 4.98 Å². The Balaban J connectivity index is 1.68. The number of benzene rings is 2. The lowest BCUT2D eigenvalue weighted by Gasteiger charge is -2.14. The molecule has 1 aliphatic heterocycles. The molecule has 0 spiro atoms. The van der Waals surface area contributed by atoms with E-state index in [9.17, 15) is 9.59 Å². The number of rotatable bonds is 3. The Morgan fingerprint density at radius 2 is 1.85 bits per heavy atom. The number of ketones is 1. The number of Topliss-reactive ketones (excluding diaryl/α,β-unsaturated/α-hetero) is 1. The highest BCUT2D eigenvalue weighted by Gasteiger charge is 2.33. The largest absolute Gasteiger partial charge is 0.328 e. The zero-order valence-electron chi connectivity index (χ0n) is 14.7. The number of aromatic nitrogens is 2. The SMILES string of the molecule is CC(=O)c1ccc(N2C(=O)/C(=C\c3nc4ccccc4n3C)SC2=S)cc1. The normalized spacial score (nSPS) is 15.9. The minimum atomic E-state index is -0.187. The molecule has 2 aromatic carbocycles. The van der Waals surface area contributed by atoms with Crippen molar-refractivity contribution in [2.45, 2.75) is 6.92 Å². The molecule has 134 valence electrons. The molecule has 0 radical (unpaired) electrons. The summed E-state index contributed by atoms with van der Waals surface area (Å²) in [5, 5.41) is 0. The number of hydrogen-bond acceptors (Lipinski definition) is 5. The third-order valence-corrected chi connectivity index (χ3v) is 5.71. The number of carbonyl (C=O) groups excluding carboxylic acids is 2. The van der Waals surface area contributed by atoms with E-state index in [0.717, 1.165) is 11.0 Å². The molecule has 0 atom stereocenters. The number of thioether (sulfide) groups is 1. The van der Waals surface area contributed by atoms with Gasteiger partial charge in [-0.25, -0.2) is 4.98 Å². The number of hydrogen-bond donors (Lipinski definition) is 0. The molecule has 3 aromatic rings. The number of anilines is 1. The molecule has 1 fully saturated rings. The zero-order valence-corrected chi connectivity index (χ0v) is 16.3. The quantitative estimate of drug-likeness (QED) is 0.380. The van der Waals surface area contributed by atoms with Crippen LogP contribution in [0.1, 0.15) is 23.1 Å². The topological polar surface area (TPSA) is 55.2 Å². The summed E-state index contributed by atoms with van der Waals surface area (Å²) in [6, 6.07) is 14.7. The van der Waals surface area contributed by atoms with Crippen LogP contribution in [0.3, 0.4) is 0 Å². The summed E-state index contributed by atoms with van der Waals surface area (Å²) in [4.78, 5) is 30.9. The Labute approximate surface area is 165 Å². The van der Waals surface area contributed by atoms with Crippen LogP contribution in [0.15, 0.2) is 53.4 Å². The second kappa shape index (κ2) is 6.75. The first-order valence-corrected chi connectivity index (χ1v) is 9.48. The standard InChI is InChI=1S/C20H15N3O2S2/c1-12(24)13-7-9-14(10-8-13)23-19(25)17(27-20(23)26)11-18-21-15-5-3-4-6-16(15)22(18)2/h3-11H,1-2H3/b17-11+. The molecule has 0 N–H and O–H groups in total. The first kappa shape index (κ1) is 17.6. The summed E-state index contributed by atoms with van der Waals surface area (Å²) in [6.45, 7) is 1.51. The van der Waals surface area contributed by atoms with E-state index in [1.165, 1.54) is 23.6 Å². The van der Waals surface area contributed by atoms with Gasteiger partial charge in [0.05, 0.1) is 21.6 Å². The number of aryl methyl sites for hydroxylation is 1. The summed E-state index contributed by atoms with van der Waals surface area (Å²) >= 11 is 6.66. The van der Waals surface area contributed by atoms with Crippen LogP contribution in [-0.2, 0) is 11.8 Å². The summed E-state index contributed by atoms with van der Waals surface area (Å²) < 4.78 is 2.41. The van der Waals surface area contributed by atoms with E-state index < -0.39 is 0 Å². The van der Waals surface area contributed by atoms with E-state index in [4.69, 9.17) is 12.2 Å². The number of amides is 1. The van der Waals surface area contributed by atoms with E-state index in [1.807, 2.05) is 35.9 Å². The summed E-state index contributed by atoms with van der Waals surface area (Å²) in [7, 11) is 1.92. The van der Waals surface area contributed by atoms with E-state index in [0.29, 0.717) is 26.3 Å². The van der Waals surface area contributed by atoms with Crippen molar-refractivity contribution in [2.24, 2.45) is 7.05 Å². The highest BCUT2D eigenvalue weighted by atomic mass is 32.2. The number of fused-ring (bicyclic) bond motifs is 1. The molecule has 0 saturated carbocycles. The van der Waals surface area contributed by atoms with Gasteiger partial charge in [0, 0.05) is 18.7 Å². The van der Waals surface area contributed by atoms with Crippen LogP contribution >= 0.6 is 24.0 Å². The molecule has 1 amide bonds. The van der Waals surface area contributed by atoms with Crippen molar-refractivity contribution in [2.75, 3.05) is 4.90 Å². The average Bonchev–Trinajstić information content (AvgIpc) is 3.12. The van der Waals surface area contributed by atoms with Crippen molar-refractivity contribution in [3.05, 3.63) is 64.8 Å². The van der Waals surface area contributed by atoms with Gasteiger partial charge in [-0.2, -0.15) is 0 Å². The van der Waals surface area contributed by atoms with Crippen molar-refractivity contribution < 1.29 is 9.59 Å². The van der Waals surface area contributed by atoms with Crippen molar-refractivity contribution in [3.63, 3.8) is 0 Å². The monoisotopic (exact) mass is 393 g/mol. The number of nitrogens with zero attached hydrogens (tertiary/aromatic N) is 3. The molecule has 27 heavy (non-hydrogen) atoms. The van der Waals surface area contributed by atoms with Gasteiger partial charge in [-0.1, -0.05) is 36.1 Å². The molecule has 0 bridgehead atoms. The molecule has 2 heterocycles. The molecule has 0 unspecified atom stereocenters. The van der Waals surface area contributed by atoms with Crippen molar-refractivity contribution in [1.29, 1.82) is 0 Å². The summed E-state index contributed by atoms with van der Waals surface area (Å²) in [5.74, 6) is 0.491. The Morgan fingerprint density at radius 1 is 1.15 bits per heavy atom. The molecule has 1 aromatic heterocycles. The number of thiocarbonyl (C=S) groups is 1. The van der Waals surface area contributed by atoms with Crippen molar-refractivity contribution in [1.82, 2.24) is 9.55 Å². The molecule has 1 aliphatic rings. The lowest BCUT2D eigenvalue weighted by atomic mass is 10.1. The van der Waals surface area contributed by atoms with Crippen LogP contribution in [-0.4, -0.2) is 25.6 Å². The smallest absolute Gasteiger partial charge is 0.270 e. The van der Waals surface area contributed by atoms with Crippen LogP contribution in [0.5, 0.6) is 0 Å². The molecule has 7 heteroatoms. The fourth-order valence-electron chi connectivity index (χ4n) is 2.95. The number of imidazole rings is 1. The third-order valence-electron chi connectivity index (χ3n) is 4.41. The maximum atomic E-state index is 12.9. The first-order valence-electron chi connectivity index (χ1n) is 8.26. The fourth-order valence-corrected chi connectivity index (χ4v) is 4.21. The Bertz CT molecular complexity index is 1130. The van der Waals surface area contributed by atoms with E-state index >= 15 is 0 Å². The summed E-state index contributed by atoms with van der Waals surface area (Å²) in [6.07, 6.45) is 1.77. The fraction of sp³-hybridized carbons (Fsp3) is 0.100. The van der Waals surface area contributed by atoms with Crippen LogP contribution in [0, 0.1) is 0 Å². The van der Waals surface area contributed by atoms with E-state index in [1.54, 1.807) is 30.3 Å². The Kier molecular flexibility index (Phi) is 4.41. The second-order valence-corrected chi connectivity index (χ2v) is 7.81. The number of carbonyl (C=O) groups is 2. The number of para-hydroxylation sites is 2. The van der Waals surface area contributed by atoms with Gasteiger partial charge in [-0.05, 0) is 43.3 Å². The van der Waals surface area contributed by atoms with Gasteiger partial charge in [0.1, 0.15) is 5.82 Å². The van der Waals surface area contributed by atoms with Crippen molar-refractivity contribution in [3.8, 4) is 0 Å². The van der Waals surface area contributed by atoms with Crippen LogP contribution in [0.2, 0.25) is 0 Å². The van der Waals surface area contributed by atoms with E-state index in [-0.39, 0.29) is 11.7 Å². The lowest BCUT2D eigenvalue weighted by molar-refractivity contribution is -0.113. The predicted octanol–water partition coefficient (Wildman–Crippen LogP) is 4.18. The Hall–Kier alpha value is -2.77. The lowest BCUT2D eigenvalue weighted by Crippen LogP contribution is -2.27. The molecular weight excluding hydrogens is 378 g/mol. The maximum Gasteiger partial charge on any atom is 0.270 e. The van der Waals surface area contributed by atoms with Gasteiger partial charge in [0.15, 0.2) is 10.1 Å². The molecule has 1 saturated heterocycles. The van der Waals surface area contributed by atoms with Crippen LogP contribution in [0.25, 0.3) is 17.1 Å². The molecule has 0 aliphatic carbocycles. The molecular formula is C20H15N3O2S2. The van der Waals surface area contributed by atoms with Gasteiger partial charge in [-0.3, -0.25) is 14.5 Å². The van der Waals surface area contributed by atoms with Crippen LogP contribution < -0.4 is 4.90 Å². The zero-order chi connectivity index (χ0) is 19.1.